The summed E-state index contributed by atoms with van der Waals surface area (Å²) in [6.07, 6.45) is 3.12. The molecule has 1 aromatic heterocycles. The molecular weight excluding hydrogens is 224 g/mol. The zero-order valence-electron chi connectivity index (χ0n) is 8.05. The molecule has 0 amide bonds. The van der Waals surface area contributed by atoms with E-state index in [0.29, 0.717) is 16.3 Å². The monoisotopic (exact) mass is 228 g/mol. The van der Waals surface area contributed by atoms with Gasteiger partial charge in [0.2, 0.25) is 5.82 Å². The van der Waals surface area contributed by atoms with E-state index < -0.39 is 0 Å². The average molecular weight is 229 g/mol. The van der Waals surface area contributed by atoms with E-state index in [1.54, 1.807) is 24.4 Å². The van der Waals surface area contributed by atoms with Crippen LogP contribution in [-0.2, 0) is 0 Å². The molecule has 0 unspecified atom stereocenters. The van der Waals surface area contributed by atoms with E-state index >= 15 is 0 Å². The van der Waals surface area contributed by atoms with Gasteiger partial charge in [-0.2, -0.15) is 10.5 Å². The molecule has 2 aromatic rings. The standard InChI is InChI=1S/C11H5ClN4/c12-9-2-1-8(6-13)10(5-9)16-4-3-15-11(16)7-14/h1-5H. The maximum absolute atomic E-state index is 8.96. The molecule has 0 fully saturated rings. The first kappa shape index (κ1) is 10.2. The van der Waals surface area contributed by atoms with Gasteiger partial charge in [-0.15, -0.1) is 0 Å². The molecule has 0 aliphatic heterocycles. The van der Waals surface area contributed by atoms with Crippen LogP contribution in [0.15, 0.2) is 30.6 Å². The van der Waals surface area contributed by atoms with Crippen LogP contribution in [-0.4, -0.2) is 9.55 Å². The first-order chi connectivity index (χ1) is 7.76. The Labute approximate surface area is 96.9 Å². The molecule has 16 heavy (non-hydrogen) atoms. The van der Waals surface area contributed by atoms with E-state index in [2.05, 4.69) is 4.98 Å². The SMILES string of the molecule is N#Cc1ccc(Cl)cc1-n1ccnc1C#N. The van der Waals surface area contributed by atoms with Gasteiger partial charge in [-0.3, -0.25) is 4.57 Å². The molecule has 5 heteroatoms. The number of rotatable bonds is 1. The number of hydrogen-bond acceptors (Lipinski definition) is 3. The second-order valence-corrected chi connectivity index (χ2v) is 3.44. The average Bonchev–Trinajstić information content (AvgIpc) is 2.76. The third-order valence-corrected chi connectivity index (χ3v) is 2.32. The van der Waals surface area contributed by atoms with Crippen molar-refractivity contribution in [3.8, 4) is 17.8 Å². The van der Waals surface area contributed by atoms with E-state index in [-0.39, 0.29) is 5.82 Å². The fourth-order valence-electron chi connectivity index (χ4n) is 1.38. The van der Waals surface area contributed by atoms with E-state index in [4.69, 9.17) is 22.1 Å². The number of nitriles is 2. The van der Waals surface area contributed by atoms with Crippen LogP contribution in [0.4, 0.5) is 0 Å². The number of aromatic nitrogens is 2. The molecule has 0 atom stereocenters. The fraction of sp³-hybridized carbons (Fsp3) is 0. The minimum Gasteiger partial charge on any atom is -0.290 e. The van der Waals surface area contributed by atoms with Gasteiger partial charge in [-0.05, 0) is 18.2 Å². The molecule has 2 rings (SSSR count). The van der Waals surface area contributed by atoms with Crippen LogP contribution in [0.1, 0.15) is 11.4 Å². The summed E-state index contributed by atoms with van der Waals surface area (Å²) in [5.74, 6) is 0.221. The normalized spacial score (nSPS) is 9.44. The summed E-state index contributed by atoms with van der Waals surface area (Å²) >= 11 is 5.86. The summed E-state index contributed by atoms with van der Waals surface area (Å²) in [6.45, 7) is 0. The summed E-state index contributed by atoms with van der Waals surface area (Å²) in [5, 5.41) is 18.3. The lowest BCUT2D eigenvalue weighted by atomic mass is 10.2. The first-order valence-electron chi connectivity index (χ1n) is 4.39. The Morgan fingerprint density at radius 3 is 2.75 bits per heavy atom. The Bertz CT molecular complexity index is 616. The van der Waals surface area contributed by atoms with Crippen molar-refractivity contribution >= 4 is 11.6 Å². The van der Waals surface area contributed by atoms with Crippen molar-refractivity contribution in [1.29, 1.82) is 10.5 Å². The highest BCUT2D eigenvalue weighted by molar-refractivity contribution is 6.30. The molecule has 0 bridgehead atoms. The number of nitrogens with zero attached hydrogens (tertiary/aromatic N) is 4. The smallest absolute Gasteiger partial charge is 0.217 e. The van der Waals surface area contributed by atoms with Gasteiger partial charge in [0.25, 0.3) is 0 Å². The van der Waals surface area contributed by atoms with E-state index in [9.17, 15) is 0 Å². The number of halogens is 1. The highest BCUT2D eigenvalue weighted by Gasteiger charge is 2.09. The van der Waals surface area contributed by atoms with E-state index in [1.165, 1.54) is 10.8 Å². The molecule has 1 heterocycles. The Kier molecular flexibility index (Phi) is 2.59. The molecule has 0 aliphatic rings. The largest absolute Gasteiger partial charge is 0.290 e. The van der Waals surface area contributed by atoms with Crippen LogP contribution >= 0.6 is 11.6 Å². The lowest BCUT2D eigenvalue weighted by Gasteiger charge is -2.06. The number of imidazole rings is 1. The zero-order chi connectivity index (χ0) is 11.5. The zero-order valence-corrected chi connectivity index (χ0v) is 8.81. The highest BCUT2D eigenvalue weighted by Crippen LogP contribution is 2.20. The lowest BCUT2D eigenvalue weighted by Crippen LogP contribution is -1.99. The molecule has 0 N–H and O–H groups in total. The van der Waals surface area contributed by atoms with Gasteiger partial charge in [0.1, 0.15) is 12.1 Å². The molecule has 0 radical (unpaired) electrons. The third kappa shape index (κ3) is 1.63. The minimum atomic E-state index is 0.221. The first-order valence-corrected chi connectivity index (χ1v) is 4.77. The second-order valence-electron chi connectivity index (χ2n) is 3.01. The van der Waals surface area contributed by atoms with E-state index in [0.717, 1.165) is 0 Å². The quantitative estimate of drug-likeness (QED) is 0.752. The Morgan fingerprint density at radius 1 is 1.25 bits per heavy atom. The molecule has 76 valence electrons. The van der Waals surface area contributed by atoms with Crippen molar-refractivity contribution in [2.45, 2.75) is 0 Å². The van der Waals surface area contributed by atoms with Crippen molar-refractivity contribution < 1.29 is 0 Å². The van der Waals surface area contributed by atoms with Gasteiger partial charge in [0.05, 0.1) is 11.3 Å². The maximum Gasteiger partial charge on any atom is 0.217 e. The lowest BCUT2D eigenvalue weighted by molar-refractivity contribution is 1.02. The molecule has 0 saturated heterocycles. The molecule has 0 aliphatic carbocycles. The molecule has 0 spiro atoms. The van der Waals surface area contributed by atoms with E-state index in [1.807, 2.05) is 12.1 Å². The number of benzene rings is 1. The maximum atomic E-state index is 8.96. The molecule has 0 saturated carbocycles. The van der Waals surface area contributed by atoms with Crippen LogP contribution in [0, 0.1) is 22.7 Å². The van der Waals surface area contributed by atoms with Crippen molar-refractivity contribution in [2.24, 2.45) is 0 Å². The van der Waals surface area contributed by atoms with Crippen molar-refractivity contribution in [3.63, 3.8) is 0 Å². The van der Waals surface area contributed by atoms with Crippen LogP contribution < -0.4 is 0 Å². The van der Waals surface area contributed by atoms with Gasteiger partial charge < -0.3 is 0 Å². The summed E-state index contributed by atoms with van der Waals surface area (Å²) in [7, 11) is 0. The van der Waals surface area contributed by atoms with Gasteiger partial charge >= 0.3 is 0 Å². The second kappa shape index (κ2) is 4.06. The van der Waals surface area contributed by atoms with Gasteiger partial charge in [-0.1, -0.05) is 11.6 Å². The van der Waals surface area contributed by atoms with Crippen LogP contribution in [0.5, 0.6) is 0 Å². The van der Waals surface area contributed by atoms with Crippen LogP contribution in [0.25, 0.3) is 5.69 Å². The predicted octanol–water partition coefficient (Wildman–Crippen LogP) is 2.27. The summed E-state index contributed by atoms with van der Waals surface area (Å²) in [4.78, 5) is 3.87. The number of hydrogen-bond donors (Lipinski definition) is 0. The predicted molar refractivity (Wildman–Crippen MR) is 58.0 cm³/mol. The molecule has 4 nitrogen and oxygen atoms in total. The van der Waals surface area contributed by atoms with Crippen molar-refractivity contribution in [2.75, 3.05) is 0 Å². The Morgan fingerprint density at radius 2 is 2.06 bits per heavy atom. The Balaban J connectivity index is 2.70. The molecule has 1 aromatic carbocycles. The fourth-order valence-corrected chi connectivity index (χ4v) is 1.55. The minimum absolute atomic E-state index is 0.221. The van der Waals surface area contributed by atoms with Gasteiger partial charge in [0, 0.05) is 17.4 Å². The summed E-state index contributed by atoms with van der Waals surface area (Å²) in [5.41, 5.74) is 1.00. The topological polar surface area (TPSA) is 65.4 Å². The van der Waals surface area contributed by atoms with Crippen molar-refractivity contribution in [3.05, 3.63) is 47.0 Å². The molecular formula is C11H5ClN4. The third-order valence-electron chi connectivity index (χ3n) is 2.08. The van der Waals surface area contributed by atoms with Crippen LogP contribution in [0.2, 0.25) is 5.02 Å². The van der Waals surface area contributed by atoms with Gasteiger partial charge in [-0.25, -0.2) is 4.98 Å². The highest BCUT2D eigenvalue weighted by atomic mass is 35.5. The van der Waals surface area contributed by atoms with Gasteiger partial charge in [0.15, 0.2) is 0 Å². The summed E-state index contributed by atoms with van der Waals surface area (Å²) < 4.78 is 1.53. The van der Waals surface area contributed by atoms with Crippen molar-refractivity contribution in [1.82, 2.24) is 9.55 Å². The Hall–Kier alpha value is -2.30. The summed E-state index contributed by atoms with van der Waals surface area (Å²) in [6, 6.07) is 8.86. The van der Waals surface area contributed by atoms with Crippen LogP contribution in [0.3, 0.4) is 0 Å².